The number of aromatic nitrogens is 7. The van der Waals surface area contributed by atoms with E-state index in [1.165, 1.54) is 4.68 Å². The molecule has 0 aliphatic carbocycles. The van der Waals surface area contributed by atoms with Crippen molar-refractivity contribution in [3.8, 4) is 17.1 Å². The highest BCUT2D eigenvalue weighted by Gasteiger charge is 2.15. The molecule has 3 aromatic heterocycles. The van der Waals surface area contributed by atoms with Gasteiger partial charge in [0.2, 0.25) is 11.9 Å². The SMILES string of the molecule is COc1cccc2c(-c3cn(Cc4ccn(CC(N)=O)n4)nn3)nc(N)nc12. The van der Waals surface area contributed by atoms with Crippen LogP contribution < -0.4 is 16.2 Å². The molecule has 28 heavy (non-hydrogen) atoms. The van der Waals surface area contributed by atoms with Crippen molar-refractivity contribution in [3.05, 3.63) is 42.4 Å². The summed E-state index contributed by atoms with van der Waals surface area (Å²) in [7, 11) is 1.57. The number of nitrogen functional groups attached to an aromatic ring is 1. The third-order valence-electron chi connectivity index (χ3n) is 4.05. The van der Waals surface area contributed by atoms with Crippen LogP contribution in [0.3, 0.4) is 0 Å². The largest absolute Gasteiger partial charge is 0.494 e. The number of nitrogens with two attached hydrogens (primary N) is 2. The third kappa shape index (κ3) is 3.32. The number of methoxy groups -OCH3 is 1. The molecule has 3 heterocycles. The molecule has 4 N–H and O–H groups in total. The highest BCUT2D eigenvalue weighted by molar-refractivity contribution is 5.95. The quantitative estimate of drug-likeness (QED) is 0.482. The van der Waals surface area contributed by atoms with Crippen LogP contribution in [0, 0.1) is 0 Å². The molecule has 11 nitrogen and oxygen atoms in total. The number of para-hydroxylation sites is 1. The van der Waals surface area contributed by atoms with Crippen LogP contribution in [0.1, 0.15) is 5.69 Å². The lowest BCUT2D eigenvalue weighted by Crippen LogP contribution is -2.19. The van der Waals surface area contributed by atoms with Crippen LogP contribution in [-0.4, -0.2) is 47.8 Å². The van der Waals surface area contributed by atoms with Gasteiger partial charge in [-0.05, 0) is 12.1 Å². The number of primary amides is 1. The zero-order valence-electron chi connectivity index (χ0n) is 15.0. The maximum absolute atomic E-state index is 11.0. The van der Waals surface area contributed by atoms with Crippen molar-refractivity contribution in [1.29, 1.82) is 0 Å². The first-order chi connectivity index (χ1) is 13.5. The van der Waals surface area contributed by atoms with E-state index in [1.807, 2.05) is 12.1 Å². The number of amides is 1. The van der Waals surface area contributed by atoms with Gasteiger partial charge in [-0.25, -0.2) is 14.6 Å². The standard InChI is InChI=1S/C17H17N9O2/c1-28-13-4-2-3-11-15(20-17(19)21-16(11)13)12-8-26(24-22-12)7-10-5-6-25(23-10)9-14(18)27/h2-6,8H,7,9H2,1H3,(H2,18,27)(H2,19,20,21). The molecule has 4 aromatic rings. The van der Waals surface area contributed by atoms with Gasteiger partial charge in [-0.3, -0.25) is 9.48 Å². The summed E-state index contributed by atoms with van der Waals surface area (Å²) in [6.07, 6.45) is 3.43. The number of carbonyl (C=O) groups is 1. The fourth-order valence-corrected chi connectivity index (χ4v) is 2.89. The van der Waals surface area contributed by atoms with Gasteiger partial charge in [0.1, 0.15) is 29.2 Å². The Morgan fingerprint density at radius 1 is 1.21 bits per heavy atom. The van der Waals surface area contributed by atoms with E-state index < -0.39 is 5.91 Å². The number of fused-ring (bicyclic) bond motifs is 1. The summed E-state index contributed by atoms with van der Waals surface area (Å²) in [6, 6.07) is 7.31. The predicted octanol–water partition coefficient (Wildman–Crippen LogP) is 0.209. The summed E-state index contributed by atoms with van der Waals surface area (Å²) >= 11 is 0. The molecule has 1 aromatic carbocycles. The summed E-state index contributed by atoms with van der Waals surface area (Å²) in [5, 5.41) is 13.4. The molecule has 4 rings (SSSR count). The second kappa shape index (κ2) is 6.95. The Bertz CT molecular complexity index is 1160. The minimum atomic E-state index is -0.457. The molecule has 0 fully saturated rings. The third-order valence-corrected chi connectivity index (χ3v) is 4.05. The Morgan fingerprint density at radius 2 is 2.07 bits per heavy atom. The topological polar surface area (TPSA) is 153 Å². The van der Waals surface area contributed by atoms with Crippen molar-refractivity contribution in [2.75, 3.05) is 12.8 Å². The number of carbonyl (C=O) groups excluding carboxylic acids is 1. The zero-order valence-corrected chi connectivity index (χ0v) is 15.0. The number of nitrogens with zero attached hydrogens (tertiary/aromatic N) is 7. The summed E-state index contributed by atoms with van der Waals surface area (Å²) < 4.78 is 8.45. The monoisotopic (exact) mass is 379 g/mol. The Balaban J connectivity index is 1.66. The maximum atomic E-state index is 11.0. The Kier molecular flexibility index (Phi) is 4.32. The molecule has 0 radical (unpaired) electrons. The summed E-state index contributed by atoms with van der Waals surface area (Å²) in [5.41, 5.74) is 13.5. The molecule has 0 aliphatic rings. The summed E-state index contributed by atoms with van der Waals surface area (Å²) in [4.78, 5) is 19.6. The van der Waals surface area contributed by atoms with E-state index in [1.54, 1.807) is 36.3 Å². The fourth-order valence-electron chi connectivity index (χ4n) is 2.89. The molecule has 0 aliphatic heterocycles. The molecule has 1 amide bonds. The van der Waals surface area contributed by atoms with E-state index >= 15 is 0 Å². The fraction of sp³-hybridized carbons (Fsp3) is 0.176. The van der Waals surface area contributed by atoms with Gasteiger partial charge < -0.3 is 16.2 Å². The van der Waals surface area contributed by atoms with Crippen molar-refractivity contribution < 1.29 is 9.53 Å². The van der Waals surface area contributed by atoms with Crippen LogP contribution in [0.2, 0.25) is 0 Å². The lowest BCUT2D eigenvalue weighted by Gasteiger charge is -2.07. The molecule has 142 valence electrons. The van der Waals surface area contributed by atoms with Crippen LogP contribution in [0.25, 0.3) is 22.3 Å². The smallest absolute Gasteiger partial charge is 0.239 e. The first kappa shape index (κ1) is 17.4. The van der Waals surface area contributed by atoms with E-state index in [0.29, 0.717) is 34.9 Å². The van der Waals surface area contributed by atoms with Crippen molar-refractivity contribution in [2.24, 2.45) is 5.73 Å². The van der Waals surface area contributed by atoms with Gasteiger partial charge in [0.05, 0.1) is 25.5 Å². The summed E-state index contributed by atoms with van der Waals surface area (Å²) in [5.74, 6) is 0.258. The molecule has 0 saturated carbocycles. The summed E-state index contributed by atoms with van der Waals surface area (Å²) in [6.45, 7) is 0.400. The number of anilines is 1. The first-order valence-corrected chi connectivity index (χ1v) is 8.35. The van der Waals surface area contributed by atoms with Crippen molar-refractivity contribution in [2.45, 2.75) is 13.1 Å². The van der Waals surface area contributed by atoms with Crippen molar-refractivity contribution >= 4 is 22.8 Å². The molecule has 11 heteroatoms. The second-order valence-electron chi connectivity index (χ2n) is 6.06. The Morgan fingerprint density at radius 3 is 2.86 bits per heavy atom. The number of benzene rings is 1. The number of ether oxygens (including phenoxy) is 1. The molecule has 0 bridgehead atoms. The minimum Gasteiger partial charge on any atom is -0.494 e. The molecule has 0 spiro atoms. The molecular formula is C17H17N9O2. The van der Waals surface area contributed by atoms with E-state index in [2.05, 4.69) is 25.4 Å². The molecule has 0 atom stereocenters. The number of rotatable bonds is 6. The lowest BCUT2D eigenvalue weighted by molar-refractivity contribution is -0.118. The van der Waals surface area contributed by atoms with Crippen LogP contribution in [0.15, 0.2) is 36.7 Å². The highest BCUT2D eigenvalue weighted by Crippen LogP contribution is 2.30. The number of hydrogen-bond acceptors (Lipinski definition) is 8. The van der Waals surface area contributed by atoms with Crippen molar-refractivity contribution in [3.63, 3.8) is 0 Å². The average molecular weight is 379 g/mol. The van der Waals surface area contributed by atoms with Gasteiger partial charge in [0, 0.05) is 11.6 Å². The van der Waals surface area contributed by atoms with E-state index in [9.17, 15) is 4.79 Å². The molecule has 0 unspecified atom stereocenters. The van der Waals surface area contributed by atoms with E-state index in [4.69, 9.17) is 16.2 Å². The van der Waals surface area contributed by atoms with Gasteiger partial charge in [0.15, 0.2) is 0 Å². The first-order valence-electron chi connectivity index (χ1n) is 8.35. The predicted molar refractivity (Wildman–Crippen MR) is 100 cm³/mol. The normalized spacial score (nSPS) is 11.0. The van der Waals surface area contributed by atoms with Crippen molar-refractivity contribution in [1.82, 2.24) is 34.7 Å². The van der Waals surface area contributed by atoms with Gasteiger partial charge in [-0.15, -0.1) is 5.10 Å². The lowest BCUT2D eigenvalue weighted by atomic mass is 10.1. The van der Waals surface area contributed by atoms with Crippen LogP contribution in [0.4, 0.5) is 5.95 Å². The zero-order chi connectivity index (χ0) is 19.7. The molecular weight excluding hydrogens is 362 g/mol. The van der Waals surface area contributed by atoms with Gasteiger partial charge in [-0.2, -0.15) is 5.10 Å². The van der Waals surface area contributed by atoms with E-state index in [0.717, 1.165) is 5.39 Å². The van der Waals surface area contributed by atoms with Gasteiger partial charge in [0.25, 0.3) is 0 Å². The van der Waals surface area contributed by atoms with Crippen LogP contribution >= 0.6 is 0 Å². The maximum Gasteiger partial charge on any atom is 0.239 e. The minimum absolute atomic E-state index is 0.0244. The molecule has 0 saturated heterocycles. The van der Waals surface area contributed by atoms with Crippen LogP contribution in [0.5, 0.6) is 5.75 Å². The van der Waals surface area contributed by atoms with Gasteiger partial charge in [-0.1, -0.05) is 17.3 Å². The average Bonchev–Trinajstić information content (AvgIpc) is 3.30. The number of hydrogen-bond donors (Lipinski definition) is 2. The second-order valence-corrected chi connectivity index (χ2v) is 6.06. The van der Waals surface area contributed by atoms with Crippen LogP contribution in [-0.2, 0) is 17.9 Å². The van der Waals surface area contributed by atoms with Gasteiger partial charge >= 0.3 is 0 Å². The Labute approximate surface area is 158 Å². The van der Waals surface area contributed by atoms with E-state index in [-0.39, 0.29) is 12.5 Å². The highest BCUT2D eigenvalue weighted by atomic mass is 16.5. The Hall–Kier alpha value is -4.02.